The van der Waals surface area contributed by atoms with Gasteiger partial charge in [-0.3, -0.25) is 0 Å². The number of rotatable bonds is 0. The molecule has 0 saturated heterocycles. The number of carbonyl (C=O) groups is 2. The standard InChI is InChI=1S/CH2NO2Se.CH2NOSe/c3-1(5)2-4;2-1(3)4/h4H,(H,2,3);(H2,2,3). The van der Waals surface area contributed by atoms with Gasteiger partial charge in [-0.05, 0) is 0 Å². The number of hydrogen-bond acceptors (Lipinski definition) is 3. The van der Waals surface area contributed by atoms with E-state index in [0.29, 0.717) is 0 Å². The monoisotopic (exact) mass is 264 g/mol. The van der Waals surface area contributed by atoms with E-state index in [0.717, 1.165) is 0 Å². The van der Waals surface area contributed by atoms with Gasteiger partial charge in [-0.1, -0.05) is 0 Å². The SMILES string of the molecule is NC(=O)[Se].O=C([Se])NO. The number of hydroxylamine groups is 1. The summed E-state index contributed by atoms with van der Waals surface area (Å²) in [5, 5.41) is 7.51. The summed E-state index contributed by atoms with van der Waals surface area (Å²) < 4.78 is 0. The third-order valence-electron chi connectivity index (χ3n) is 0.0913. The summed E-state index contributed by atoms with van der Waals surface area (Å²) in [6.07, 6.45) is 0. The predicted molar refractivity (Wildman–Crippen MR) is 31.4 cm³/mol. The fourth-order valence-electron chi connectivity index (χ4n) is 0. The molecule has 0 saturated carbocycles. The Labute approximate surface area is 67.9 Å². The number of hydrogen-bond donors (Lipinski definition) is 3. The number of nitrogens with two attached hydrogens (primary N) is 1. The summed E-state index contributed by atoms with van der Waals surface area (Å²) in [5.41, 5.74) is 5.75. The van der Waals surface area contributed by atoms with Gasteiger partial charge in [0.15, 0.2) is 0 Å². The van der Waals surface area contributed by atoms with Gasteiger partial charge in [0.1, 0.15) is 0 Å². The van der Waals surface area contributed by atoms with E-state index in [1.807, 2.05) is 32.0 Å². The second-order valence-corrected chi connectivity index (χ2v) is 2.34. The molecule has 0 atom stereocenters. The van der Waals surface area contributed by atoms with Crippen molar-refractivity contribution in [3.05, 3.63) is 0 Å². The fraction of sp³-hybridized carbons (Fsp3) is 0. The molecule has 0 unspecified atom stereocenters. The van der Waals surface area contributed by atoms with Crippen molar-refractivity contribution >= 4 is 41.6 Å². The Kier molecular flexibility index (Phi) is 10.3. The van der Waals surface area contributed by atoms with E-state index in [-0.39, 0.29) is 0 Å². The minimum absolute atomic E-state index is 0.458. The Morgan fingerprint density at radius 3 is 1.56 bits per heavy atom. The van der Waals surface area contributed by atoms with E-state index >= 15 is 0 Å². The Morgan fingerprint density at radius 1 is 1.44 bits per heavy atom. The molecular formula is C2H4N2O3Se2. The van der Waals surface area contributed by atoms with Crippen LogP contribution in [0.3, 0.4) is 0 Å². The van der Waals surface area contributed by atoms with Crippen LogP contribution in [0.25, 0.3) is 0 Å². The molecule has 0 aromatic carbocycles. The third kappa shape index (κ3) is 74.5. The van der Waals surface area contributed by atoms with Crippen molar-refractivity contribution in [3.63, 3.8) is 0 Å². The van der Waals surface area contributed by atoms with E-state index in [9.17, 15) is 4.79 Å². The molecule has 5 nitrogen and oxygen atoms in total. The molecule has 4 N–H and O–H groups in total. The molecule has 0 aliphatic rings. The molecule has 2 amide bonds. The molecule has 2 radical (unpaired) electrons. The third-order valence-corrected chi connectivity index (χ3v) is 0.283. The van der Waals surface area contributed by atoms with Crippen LogP contribution in [0.1, 0.15) is 0 Å². The predicted octanol–water partition coefficient (Wildman–Crippen LogP) is -1.51. The topological polar surface area (TPSA) is 92.4 Å². The summed E-state index contributed by atoms with van der Waals surface area (Å²) in [4.78, 5) is 17.5. The van der Waals surface area contributed by atoms with Crippen LogP contribution in [-0.4, -0.2) is 46.8 Å². The molecule has 7 heteroatoms. The van der Waals surface area contributed by atoms with E-state index in [1.165, 1.54) is 5.48 Å². The van der Waals surface area contributed by atoms with Gasteiger partial charge in [0.25, 0.3) is 0 Å². The number of nitrogens with one attached hydrogen (secondary N) is 1. The van der Waals surface area contributed by atoms with Crippen LogP contribution < -0.4 is 11.2 Å². The van der Waals surface area contributed by atoms with Crippen LogP contribution >= 0.6 is 0 Å². The Hall–Kier alpha value is -0.0610. The van der Waals surface area contributed by atoms with Gasteiger partial charge in [-0.2, -0.15) is 0 Å². The Balaban J connectivity index is 0. The molecular weight excluding hydrogens is 258 g/mol. The van der Waals surface area contributed by atoms with E-state index in [4.69, 9.17) is 10.0 Å². The first-order valence-corrected chi connectivity index (χ1v) is 3.29. The van der Waals surface area contributed by atoms with Crippen molar-refractivity contribution in [1.82, 2.24) is 5.48 Å². The summed E-state index contributed by atoms with van der Waals surface area (Å²) >= 11 is 4.03. The molecule has 0 bridgehead atoms. The average molecular weight is 262 g/mol. The Bertz CT molecular complexity index is 102. The van der Waals surface area contributed by atoms with Crippen molar-refractivity contribution in [1.29, 1.82) is 0 Å². The van der Waals surface area contributed by atoms with Crippen molar-refractivity contribution in [3.8, 4) is 0 Å². The summed E-state index contributed by atoms with van der Waals surface area (Å²) in [6, 6.07) is 0. The average Bonchev–Trinajstić information content (AvgIpc) is 1.65. The van der Waals surface area contributed by atoms with Crippen molar-refractivity contribution in [2.24, 2.45) is 5.73 Å². The molecule has 52 valence electrons. The number of amides is 2. The first-order valence-electron chi connectivity index (χ1n) is 1.58. The van der Waals surface area contributed by atoms with E-state index in [2.05, 4.69) is 5.73 Å². The molecule has 0 aromatic rings. The number of carbonyl (C=O) groups excluding carboxylic acids is 2. The normalized spacial score (nSPS) is 6.33. The molecule has 0 rings (SSSR count). The number of primary amides is 1. The minimum atomic E-state index is -0.565. The van der Waals surface area contributed by atoms with Crippen LogP contribution in [0, 0.1) is 0 Å². The second-order valence-electron chi connectivity index (χ2n) is 0.718. The summed E-state index contributed by atoms with van der Waals surface area (Å²) in [6.45, 7) is 0. The van der Waals surface area contributed by atoms with Gasteiger partial charge < -0.3 is 0 Å². The maximum absolute atomic E-state index is 9.40. The molecule has 0 aliphatic carbocycles. The Morgan fingerprint density at radius 2 is 1.56 bits per heavy atom. The zero-order valence-electron chi connectivity index (χ0n) is 4.16. The van der Waals surface area contributed by atoms with Crippen LogP contribution in [-0.2, 0) is 0 Å². The van der Waals surface area contributed by atoms with Crippen molar-refractivity contribution in [2.75, 3.05) is 0 Å². The molecule has 0 aromatic heterocycles. The van der Waals surface area contributed by atoms with Crippen LogP contribution in [0.5, 0.6) is 0 Å². The first kappa shape index (κ1) is 11.7. The van der Waals surface area contributed by atoms with E-state index in [1.54, 1.807) is 0 Å². The molecule has 9 heavy (non-hydrogen) atoms. The second kappa shape index (κ2) is 7.94. The van der Waals surface area contributed by atoms with Gasteiger partial charge in [-0.15, -0.1) is 0 Å². The zero-order chi connectivity index (χ0) is 7.86. The van der Waals surface area contributed by atoms with Crippen LogP contribution in [0.4, 0.5) is 9.59 Å². The summed E-state index contributed by atoms with van der Waals surface area (Å²) in [5.74, 6) is 0. The first-order chi connectivity index (χ1) is 4.00. The summed E-state index contributed by atoms with van der Waals surface area (Å²) in [7, 11) is 0. The van der Waals surface area contributed by atoms with E-state index < -0.39 is 9.61 Å². The van der Waals surface area contributed by atoms with Crippen molar-refractivity contribution in [2.45, 2.75) is 0 Å². The van der Waals surface area contributed by atoms with Crippen LogP contribution in [0.2, 0.25) is 0 Å². The van der Waals surface area contributed by atoms with Gasteiger partial charge >= 0.3 is 67.6 Å². The van der Waals surface area contributed by atoms with Gasteiger partial charge in [0, 0.05) is 0 Å². The fourth-order valence-corrected chi connectivity index (χ4v) is 0. The van der Waals surface area contributed by atoms with Gasteiger partial charge in [0.05, 0.1) is 0 Å². The van der Waals surface area contributed by atoms with Gasteiger partial charge in [-0.25, -0.2) is 0 Å². The molecule has 0 heterocycles. The maximum atomic E-state index is 9.40. The quantitative estimate of drug-likeness (QED) is 0.281. The molecule has 0 aliphatic heterocycles. The molecule has 0 spiro atoms. The zero-order valence-corrected chi connectivity index (χ0v) is 7.58. The van der Waals surface area contributed by atoms with Gasteiger partial charge in [0.2, 0.25) is 0 Å². The van der Waals surface area contributed by atoms with Crippen LogP contribution in [0.15, 0.2) is 0 Å². The van der Waals surface area contributed by atoms with Crippen molar-refractivity contribution < 1.29 is 14.8 Å². The molecule has 0 fully saturated rings.